The van der Waals surface area contributed by atoms with Gasteiger partial charge in [0, 0.05) is 12.0 Å². The molecule has 4 aromatic rings. The molecule has 5 rings (SSSR count). The summed E-state index contributed by atoms with van der Waals surface area (Å²) in [6, 6.07) is 25.2. The van der Waals surface area contributed by atoms with Gasteiger partial charge in [-0.1, -0.05) is 54.6 Å². The number of carbonyl (C=O) groups excluding carboxylic acids is 2. The fourth-order valence-corrected chi connectivity index (χ4v) is 5.73. The summed E-state index contributed by atoms with van der Waals surface area (Å²) in [5.41, 5.74) is 1.60. The smallest absolute Gasteiger partial charge is 0.408 e. The molecule has 250 valence electrons. The third-order valence-electron chi connectivity index (χ3n) is 8.05. The number of rotatable bonds is 10. The predicted molar refractivity (Wildman–Crippen MR) is 179 cm³/mol. The molecule has 1 atom stereocenters. The number of hydrogen-bond acceptors (Lipinski definition) is 8. The Morgan fingerprint density at radius 3 is 2.19 bits per heavy atom. The number of carbonyl (C=O) groups is 3. The number of para-hydroxylation sites is 1. The molecule has 0 aliphatic heterocycles. The normalized spacial score (nSPS) is 15.4. The van der Waals surface area contributed by atoms with Crippen LogP contribution in [0.5, 0.6) is 23.0 Å². The van der Waals surface area contributed by atoms with Crippen LogP contribution in [0.2, 0.25) is 0 Å². The van der Waals surface area contributed by atoms with E-state index in [4.69, 9.17) is 23.7 Å². The Bertz CT molecular complexity index is 1810. The Morgan fingerprint density at radius 2 is 1.50 bits per heavy atom. The second-order valence-electron chi connectivity index (χ2n) is 12.5. The molecule has 0 bridgehead atoms. The van der Waals surface area contributed by atoms with Crippen LogP contribution in [0.15, 0.2) is 84.9 Å². The molecule has 2 N–H and O–H groups in total. The van der Waals surface area contributed by atoms with Crippen molar-refractivity contribution in [2.45, 2.75) is 57.8 Å². The quantitative estimate of drug-likeness (QED) is 0.169. The topological polar surface area (TPSA) is 130 Å². The van der Waals surface area contributed by atoms with Crippen LogP contribution in [-0.2, 0) is 33.7 Å². The van der Waals surface area contributed by atoms with Crippen molar-refractivity contribution in [1.29, 1.82) is 0 Å². The zero-order chi connectivity index (χ0) is 34.5. The van der Waals surface area contributed by atoms with Crippen molar-refractivity contribution >= 4 is 18.0 Å². The number of hydrogen-bond donors (Lipinski definition) is 2. The summed E-state index contributed by atoms with van der Waals surface area (Å²) in [6.45, 7) is 5.21. The lowest BCUT2D eigenvalue weighted by atomic mass is 9.75. The number of aliphatic carboxylic acids is 1. The standard InChI is InChI=1S/C38H39NO9/c1-37(2,3)48-36(43)39-38(35(41)42)20-19-27-26(25-15-17-32(44-4)33(21-25)45-5)16-18-31(29(27)22-38)47-30-14-10-9-13-28(30)34(40)46-23-24-11-7-6-8-12-24/h6-18,21H,19-20,22-23H2,1-5H3,(H,39,43)(H,41,42)/t38-/m0/s1. The molecule has 0 aromatic heterocycles. The van der Waals surface area contributed by atoms with Gasteiger partial charge in [-0.3, -0.25) is 0 Å². The molecule has 0 unspecified atom stereocenters. The Labute approximate surface area is 279 Å². The zero-order valence-corrected chi connectivity index (χ0v) is 27.6. The maximum absolute atomic E-state index is 13.2. The molecular formula is C38H39NO9. The van der Waals surface area contributed by atoms with Crippen LogP contribution in [0.1, 0.15) is 54.2 Å². The van der Waals surface area contributed by atoms with Crippen LogP contribution in [0, 0.1) is 0 Å². The van der Waals surface area contributed by atoms with E-state index in [2.05, 4.69) is 5.32 Å². The van der Waals surface area contributed by atoms with Gasteiger partial charge in [0.1, 0.15) is 34.8 Å². The van der Waals surface area contributed by atoms with E-state index in [0.717, 1.165) is 22.3 Å². The molecule has 0 saturated carbocycles. The summed E-state index contributed by atoms with van der Waals surface area (Å²) < 4.78 is 28.4. The number of ether oxygens (including phenoxy) is 5. The molecule has 1 aliphatic carbocycles. The minimum Gasteiger partial charge on any atom is -0.493 e. The van der Waals surface area contributed by atoms with Crippen LogP contribution in [0.3, 0.4) is 0 Å². The molecule has 0 saturated heterocycles. The van der Waals surface area contributed by atoms with Crippen molar-refractivity contribution in [3.63, 3.8) is 0 Å². The second-order valence-corrected chi connectivity index (χ2v) is 12.5. The summed E-state index contributed by atoms with van der Waals surface area (Å²) in [4.78, 5) is 39.1. The number of benzene rings is 4. The van der Waals surface area contributed by atoms with E-state index < -0.39 is 29.2 Å². The first-order valence-electron chi connectivity index (χ1n) is 15.5. The summed E-state index contributed by atoms with van der Waals surface area (Å²) in [5, 5.41) is 13.2. The van der Waals surface area contributed by atoms with Crippen LogP contribution >= 0.6 is 0 Å². The number of fused-ring (bicyclic) bond motifs is 1. The average molecular weight is 654 g/mol. The number of alkyl carbamates (subject to hydrolysis) is 1. The van der Waals surface area contributed by atoms with Gasteiger partial charge in [-0.2, -0.15) is 0 Å². The highest BCUT2D eigenvalue weighted by molar-refractivity contribution is 5.92. The fraction of sp³-hybridized carbons (Fsp3) is 0.289. The molecule has 1 amide bonds. The molecule has 0 spiro atoms. The summed E-state index contributed by atoms with van der Waals surface area (Å²) in [6.07, 6.45) is -0.549. The monoisotopic (exact) mass is 653 g/mol. The number of methoxy groups -OCH3 is 2. The van der Waals surface area contributed by atoms with E-state index in [1.54, 1.807) is 71.4 Å². The van der Waals surface area contributed by atoms with E-state index in [0.29, 0.717) is 29.2 Å². The van der Waals surface area contributed by atoms with Crippen molar-refractivity contribution in [1.82, 2.24) is 5.32 Å². The SMILES string of the molecule is COc1ccc(-c2ccc(Oc3ccccc3C(=O)OCc3ccccc3)c3c2CC[C@@](NC(=O)OC(C)(C)C)(C(=O)O)C3)cc1OC. The lowest BCUT2D eigenvalue weighted by Gasteiger charge is -2.37. The first-order chi connectivity index (χ1) is 22.9. The van der Waals surface area contributed by atoms with E-state index in [-0.39, 0.29) is 30.8 Å². The van der Waals surface area contributed by atoms with Crippen molar-refractivity contribution in [2.24, 2.45) is 0 Å². The summed E-state index contributed by atoms with van der Waals surface area (Å²) in [7, 11) is 3.11. The molecule has 48 heavy (non-hydrogen) atoms. The lowest BCUT2D eigenvalue weighted by molar-refractivity contribution is -0.145. The first-order valence-corrected chi connectivity index (χ1v) is 15.5. The number of carboxylic acids is 1. The third-order valence-corrected chi connectivity index (χ3v) is 8.05. The van der Waals surface area contributed by atoms with Crippen molar-refractivity contribution in [2.75, 3.05) is 14.2 Å². The Kier molecular flexibility index (Phi) is 9.93. The molecule has 10 heteroatoms. The first kappa shape index (κ1) is 33.8. The maximum Gasteiger partial charge on any atom is 0.408 e. The molecule has 10 nitrogen and oxygen atoms in total. The van der Waals surface area contributed by atoms with Gasteiger partial charge < -0.3 is 34.1 Å². The van der Waals surface area contributed by atoms with Gasteiger partial charge in [-0.15, -0.1) is 0 Å². The van der Waals surface area contributed by atoms with Crippen LogP contribution < -0.4 is 19.5 Å². The Hall–Kier alpha value is -5.51. The van der Waals surface area contributed by atoms with Gasteiger partial charge >= 0.3 is 18.0 Å². The van der Waals surface area contributed by atoms with E-state index in [1.165, 1.54) is 0 Å². The van der Waals surface area contributed by atoms with Gasteiger partial charge in [-0.25, -0.2) is 14.4 Å². The highest BCUT2D eigenvalue weighted by Gasteiger charge is 2.45. The number of esters is 1. The average Bonchev–Trinajstić information content (AvgIpc) is 3.06. The predicted octanol–water partition coefficient (Wildman–Crippen LogP) is 7.36. The molecule has 0 radical (unpaired) electrons. The number of nitrogens with one attached hydrogen (secondary N) is 1. The second kappa shape index (κ2) is 14.1. The van der Waals surface area contributed by atoms with E-state index in [9.17, 15) is 19.5 Å². The maximum atomic E-state index is 13.2. The van der Waals surface area contributed by atoms with Crippen molar-refractivity contribution in [3.05, 3.63) is 107 Å². The van der Waals surface area contributed by atoms with Gasteiger partial charge in [0.25, 0.3) is 0 Å². The van der Waals surface area contributed by atoms with Gasteiger partial charge in [0.2, 0.25) is 0 Å². The molecule has 0 heterocycles. The third kappa shape index (κ3) is 7.54. The van der Waals surface area contributed by atoms with Crippen molar-refractivity contribution in [3.8, 4) is 34.1 Å². The van der Waals surface area contributed by atoms with E-state index >= 15 is 0 Å². The fourth-order valence-electron chi connectivity index (χ4n) is 5.73. The molecule has 4 aromatic carbocycles. The minimum atomic E-state index is -1.68. The van der Waals surface area contributed by atoms with Gasteiger partial charge in [0.15, 0.2) is 11.5 Å². The lowest BCUT2D eigenvalue weighted by Crippen LogP contribution is -2.58. The van der Waals surface area contributed by atoms with Crippen molar-refractivity contribution < 1.29 is 43.2 Å². The van der Waals surface area contributed by atoms with Crippen LogP contribution in [0.25, 0.3) is 11.1 Å². The van der Waals surface area contributed by atoms with Crippen LogP contribution in [-0.4, -0.2) is 48.5 Å². The minimum absolute atomic E-state index is 0.0842. The largest absolute Gasteiger partial charge is 0.493 e. The van der Waals surface area contributed by atoms with Gasteiger partial charge in [-0.05, 0) is 86.2 Å². The molecular weight excluding hydrogens is 614 g/mol. The molecule has 0 fully saturated rings. The summed E-state index contributed by atoms with van der Waals surface area (Å²) >= 11 is 0. The highest BCUT2D eigenvalue weighted by Crippen LogP contribution is 2.43. The Morgan fingerprint density at radius 1 is 0.812 bits per heavy atom. The summed E-state index contributed by atoms with van der Waals surface area (Å²) in [5.74, 6) is -0.0909. The van der Waals surface area contributed by atoms with E-state index in [1.807, 2.05) is 48.5 Å². The highest BCUT2D eigenvalue weighted by atomic mass is 16.6. The molecule has 1 aliphatic rings. The Balaban J connectivity index is 1.56. The number of carboxylic acid groups (broad SMARTS) is 1. The zero-order valence-electron chi connectivity index (χ0n) is 27.6. The number of amides is 1. The van der Waals surface area contributed by atoms with Crippen LogP contribution in [0.4, 0.5) is 4.79 Å². The van der Waals surface area contributed by atoms with Gasteiger partial charge in [0.05, 0.1) is 14.2 Å².